The van der Waals surface area contributed by atoms with Crippen LogP contribution in [-0.4, -0.2) is 35.9 Å². The average molecular weight is 365 g/mol. The van der Waals surface area contributed by atoms with Crippen molar-refractivity contribution >= 4 is 12.1 Å². The molecule has 0 fully saturated rings. The standard InChI is InChI=1S/C20H31NO5/c1-8-24-15-11-9-14(10-12-15)13-16(17(22)25-19(2,3)4)21-18(23)26-20(5,6)7/h9-12,16H,8,13H2,1-7H3,(H,21,23)/t16-/m1/s1. The van der Waals surface area contributed by atoms with E-state index >= 15 is 0 Å². The Morgan fingerprint density at radius 3 is 1.96 bits per heavy atom. The molecule has 26 heavy (non-hydrogen) atoms. The molecular weight excluding hydrogens is 334 g/mol. The van der Waals surface area contributed by atoms with Crippen molar-refractivity contribution in [1.82, 2.24) is 5.32 Å². The first-order valence-corrected chi connectivity index (χ1v) is 8.84. The summed E-state index contributed by atoms with van der Waals surface area (Å²) in [5, 5.41) is 2.62. The van der Waals surface area contributed by atoms with Crippen molar-refractivity contribution in [2.24, 2.45) is 0 Å². The number of nitrogens with one attached hydrogen (secondary N) is 1. The van der Waals surface area contributed by atoms with Crippen LogP contribution in [0.4, 0.5) is 4.79 Å². The Hall–Kier alpha value is -2.24. The molecule has 1 aromatic rings. The van der Waals surface area contributed by atoms with E-state index in [2.05, 4.69) is 5.32 Å². The van der Waals surface area contributed by atoms with Crippen LogP contribution in [-0.2, 0) is 20.7 Å². The molecule has 0 heterocycles. The zero-order valence-electron chi connectivity index (χ0n) is 16.8. The molecule has 146 valence electrons. The maximum atomic E-state index is 12.5. The molecular formula is C20H31NO5. The molecule has 0 saturated carbocycles. The number of benzene rings is 1. The first kappa shape index (κ1) is 21.8. The summed E-state index contributed by atoms with van der Waals surface area (Å²) in [6.45, 7) is 13.1. The van der Waals surface area contributed by atoms with Crippen molar-refractivity contribution in [3.8, 4) is 5.75 Å². The van der Waals surface area contributed by atoms with E-state index < -0.39 is 29.3 Å². The van der Waals surface area contributed by atoms with Gasteiger partial charge >= 0.3 is 12.1 Å². The summed E-state index contributed by atoms with van der Waals surface area (Å²) in [7, 11) is 0. The Bertz CT molecular complexity index is 596. The fourth-order valence-corrected chi connectivity index (χ4v) is 2.14. The minimum absolute atomic E-state index is 0.292. The maximum absolute atomic E-state index is 12.5. The van der Waals surface area contributed by atoms with Crippen LogP contribution in [0.3, 0.4) is 0 Å². The van der Waals surface area contributed by atoms with E-state index in [1.165, 1.54) is 0 Å². The minimum atomic E-state index is -0.845. The molecule has 0 saturated heterocycles. The monoisotopic (exact) mass is 365 g/mol. The van der Waals surface area contributed by atoms with Crippen LogP contribution in [0, 0.1) is 0 Å². The molecule has 1 aromatic carbocycles. The SMILES string of the molecule is CCOc1ccc(C[C@@H](NC(=O)OC(C)(C)C)C(=O)OC(C)(C)C)cc1. The topological polar surface area (TPSA) is 73.9 Å². The molecule has 0 aliphatic carbocycles. The van der Waals surface area contributed by atoms with Gasteiger partial charge in [0.15, 0.2) is 0 Å². The van der Waals surface area contributed by atoms with Crippen LogP contribution < -0.4 is 10.1 Å². The van der Waals surface area contributed by atoms with E-state index in [1.54, 1.807) is 41.5 Å². The third-order valence-electron chi connectivity index (χ3n) is 3.06. The Labute approximate surface area is 156 Å². The van der Waals surface area contributed by atoms with Crippen LogP contribution in [0.5, 0.6) is 5.75 Å². The third kappa shape index (κ3) is 8.74. The number of rotatable bonds is 6. The van der Waals surface area contributed by atoms with Crippen molar-refractivity contribution < 1.29 is 23.8 Å². The molecule has 6 heteroatoms. The summed E-state index contributed by atoms with van der Waals surface area (Å²) in [4.78, 5) is 24.6. The highest BCUT2D eigenvalue weighted by Gasteiger charge is 2.28. The van der Waals surface area contributed by atoms with Crippen LogP contribution >= 0.6 is 0 Å². The Morgan fingerprint density at radius 2 is 1.50 bits per heavy atom. The smallest absolute Gasteiger partial charge is 0.408 e. The van der Waals surface area contributed by atoms with Crippen molar-refractivity contribution in [3.63, 3.8) is 0 Å². The first-order valence-electron chi connectivity index (χ1n) is 8.84. The number of hydrogen-bond donors (Lipinski definition) is 1. The fourth-order valence-electron chi connectivity index (χ4n) is 2.14. The van der Waals surface area contributed by atoms with Crippen molar-refractivity contribution in [3.05, 3.63) is 29.8 Å². The highest BCUT2D eigenvalue weighted by Crippen LogP contribution is 2.16. The quantitative estimate of drug-likeness (QED) is 0.775. The van der Waals surface area contributed by atoms with Gasteiger partial charge < -0.3 is 19.5 Å². The second-order valence-corrected chi connectivity index (χ2v) is 8.01. The van der Waals surface area contributed by atoms with Gasteiger partial charge in [0, 0.05) is 6.42 Å². The zero-order valence-corrected chi connectivity index (χ0v) is 16.8. The first-order chi connectivity index (χ1) is 11.9. The number of carbonyl (C=O) groups excluding carboxylic acids is 2. The maximum Gasteiger partial charge on any atom is 0.408 e. The Morgan fingerprint density at radius 1 is 0.962 bits per heavy atom. The fraction of sp³-hybridized carbons (Fsp3) is 0.600. The molecule has 0 unspecified atom stereocenters. The van der Waals surface area contributed by atoms with E-state index in [0.717, 1.165) is 11.3 Å². The average Bonchev–Trinajstić information content (AvgIpc) is 2.45. The molecule has 1 rings (SSSR count). The van der Waals surface area contributed by atoms with Crippen LogP contribution in [0.25, 0.3) is 0 Å². The van der Waals surface area contributed by atoms with E-state index in [0.29, 0.717) is 13.0 Å². The summed E-state index contributed by atoms with van der Waals surface area (Å²) < 4.78 is 16.1. The number of esters is 1. The predicted octanol–water partition coefficient (Wildman–Crippen LogP) is 3.86. The number of carbonyl (C=O) groups is 2. The van der Waals surface area contributed by atoms with Crippen molar-refractivity contribution in [2.75, 3.05) is 6.61 Å². The van der Waals surface area contributed by atoms with Crippen molar-refractivity contribution in [2.45, 2.75) is 72.1 Å². The van der Waals surface area contributed by atoms with Gasteiger partial charge in [0.1, 0.15) is 23.0 Å². The van der Waals surface area contributed by atoms with E-state index in [-0.39, 0.29) is 0 Å². The van der Waals surface area contributed by atoms with Crippen molar-refractivity contribution in [1.29, 1.82) is 0 Å². The van der Waals surface area contributed by atoms with Gasteiger partial charge in [0.2, 0.25) is 0 Å². The minimum Gasteiger partial charge on any atom is -0.494 e. The van der Waals surface area contributed by atoms with Gasteiger partial charge in [0.05, 0.1) is 6.61 Å². The van der Waals surface area contributed by atoms with Crippen LogP contribution in [0.1, 0.15) is 54.0 Å². The number of hydrogen-bond acceptors (Lipinski definition) is 5. The number of alkyl carbamates (subject to hydrolysis) is 1. The molecule has 0 spiro atoms. The van der Waals surface area contributed by atoms with Gasteiger partial charge in [-0.1, -0.05) is 12.1 Å². The van der Waals surface area contributed by atoms with E-state index in [4.69, 9.17) is 14.2 Å². The predicted molar refractivity (Wildman–Crippen MR) is 100 cm³/mol. The number of ether oxygens (including phenoxy) is 3. The summed E-state index contributed by atoms with van der Waals surface area (Å²) in [5.41, 5.74) is -0.425. The molecule has 0 radical (unpaired) electrons. The van der Waals surface area contributed by atoms with Gasteiger partial charge in [-0.05, 0) is 66.2 Å². The lowest BCUT2D eigenvalue weighted by molar-refractivity contribution is -0.157. The van der Waals surface area contributed by atoms with Gasteiger partial charge in [-0.2, -0.15) is 0 Å². The highest BCUT2D eigenvalue weighted by atomic mass is 16.6. The lowest BCUT2D eigenvalue weighted by Gasteiger charge is -2.26. The molecule has 1 N–H and O–H groups in total. The lowest BCUT2D eigenvalue weighted by atomic mass is 10.1. The molecule has 6 nitrogen and oxygen atoms in total. The Kier molecular flexibility index (Phi) is 7.48. The lowest BCUT2D eigenvalue weighted by Crippen LogP contribution is -2.47. The third-order valence-corrected chi connectivity index (χ3v) is 3.06. The molecule has 0 aliphatic rings. The normalized spacial score (nSPS) is 12.9. The van der Waals surface area contributed by atoms with Gasteiger partial charge in [-0.25, -0.2) is 9.59 Å². The Balaban J connectivity index is 2.88. The summed E-state index contributed by atoms with van der Waals surface area (Å²) >= 11 is 0. The molecule has 0 aliphatic heterocycles. The van der Waals surface area contributed by atoms with Gasteiger partial charge in [-0.15, -0.1) is 0 Å². The molecule has 1 atom stereocenters. The number of amides is 1. The molecule has 0 aromatic heterocycles. The van der Waals surface area contributed by atoms with E-state index in [9.17, 15) is 9.59 Å². The van der Waals surface area contributed by atoms with Crippen LogP contribution in [0.2, 0.25) is 0 Å². The summed E-state index contributed by atoms with van der Waals surface area (Å²) in [6, 6.07) is 6.54. The highest BCUT2D eigenvalue weighted by molar-refractivity contribution is 5.82. The summed E-state index contributed by atoms with van der Waals surface area (Å²) in [5.74, 6) is 0.252. The van der Waals surface area contributed by atoms with Gasteiger partial charge in [0.25, 0.3) is 0 Å². The largest absolute Gasteiger partial charge is 0.494 e. The van der Waals surface area contributed by atoms with Gasteiger partial charge in [-0.3, -0.25) is 0 Å². The second kappa shape index (κ2) is 8.92. The van der Waals surface area contributed by atoms with Crippen LogP contribution in [0.15, 0.2) is 24.3 Å². The zero-order chi connectivity index (χ0) is 20.0. The molecule has 1 amide bonds. The summed E-state index contributed by atoms with van der Waals surface area (Å²) in [6.07, 6.45) is -0.361. The molecule has 0 bridgehead atoms. The second-order valence-electron chi connectivity index (χ2n) is 8.01. The van der Waals surface area contributed by atoms with E-state index in [1.807, 2.05) is 31.2 Å².